The van der Waals surface area contributed by atoms with Crippen LogP contribution in [0.3, 0.4) is 0 Å². The van der Waals surface area contributed by atoms with E-state index >= 15 is 0 Å². The van der Waals surface area contributed by atoms with Gasteiger partial charge in [0, 0.05) is 5.82 Å². The van der Waals surface area contributed by atoms with E-state index in [9.17, 15) is 0 Å². The molecular formula is C6H14BNO2. The predicted molar refractivity (Wildman–Crippen MR) is 40.7 cm³/mol. The average Bonchev–Trinajstić information content (AvgIpc) is 1.88. The van der Waals surface area contributed by atoms with Crippen molar-refractivity contribution in [1.29, 1.82) is 0 Å². The van der Waals surface area contributed by atoms with Gasteiger partial charge >= 0.3 is 7.12 Å². The first kappa shape index (κ1) is 8.05. The van der Waals surface area contributed by atoms with E-state index in [1.54, 1.807) is 0 Å². The molecule has 58 valence electrons. The van der Waals surface area contributed by atoms with E-state index in [-0.39, 0.29) is 5.82 Å². The lowest BCUT2D eigenvalue weighted by molar-refractivity contribution is 0.248. The van der Waals surface area contributed by atoms with Crippen molar-refractivity contribution in [3.63, 3.8) is 0 Å². The van der Waals surface area contributed by atoms with Gasteiger partial charge < -0.3 is 14.9 Å². The number of piperidine rings is 1. The van der Waals surface area contributed by atoms with Gasteiger partial charge in [0.25, 0.3) is 0 Å². The van der Waals surface area contributed by atoms with Gasteiger partial charge in [0.2, 0.25) is 0 Å². The molecule has 0 aromatic rings. The lowest BCUT2D eigenvalue weighted by Crippen LogP contribution is -2.36. The van der Waals surface area contributed by atoms with Crippen LogP contribution < -0.4 is 0 Å². The third kappa shape index (κ3) is 1.97. The van der Waals surface area contributed by atoms with Crippen LogP contribution >= 0.6 is 0 Å². The lowest BCUT2D eigenvalue weighted by atomic mass is 9.69. The van der Waals surface area contributed by atoms with E-state index < -0.39 is 7.12 Å². The highest BCUT2D eigenvalue weighted by Crippen LogP contribution is 2.20. The Labute approximate surface area is 61.8 Å². The van der Waals surface area contributed by atoms with E-state index in [4.69, 9.17) is 10.0 Å². The summed E-state index contributed by atoms with van der Waals surface area (Å²) >= 11 is 0. The fourth-order valence-corrected chi connectivity index (χ4v) is 1.45. The summed E-state index contributed by atoms with van der Waals surface area (Å²) in [7, 11) is 0.886. The van der Waals surface area contributed by atoms with Gasteiger partial charge in [-0.1, -0.05) is 0 Å². The Morgan fingerprint density at radius 2 is 2.20 bits per heavy atom. The second-order valence-electron chi connectivity index (χ2n) is 3.08. The Morgan fingerprint density at radius 1 is 1.50 bits per heavy atom. The minimum atomic E-state index is -1.12. The van der Waals surface area contributed by atoms with Crippen LogP contribution in [0.1, 0.15) is 12.8 Å². The third-order valence-electron chi connectivity index (χ3n) is 2.08. The van der Waals surface area contributed by atoms with Crippen LogP contribution in [0.2, 0.25) is 5.82 Å². The van der Waals surface area contributed by atoms with Crippen LogP contribution in [0, 0.1) is 0 Å². The minimum Gasteiger partial charge on any atom is -0.427 e. The summed E-state index contributed by atoms with van der Waals surface area (Å²) in [6.07, 6.45) is 2.03. The number of hydrogen-bond donors (Lipinski definition) is 2. The molecule has 1 fully saturated rings. The van der Waals surface area contributed by atoms with Crippen LogP contribution in [0.5, 0.6) is 0 Å². The van der Waals surface area contributed by atoms with Crippen molar-refractivity contribution in [2.24, 2.45) is 0 Å². The summed E-state index contributed by atoms with van der Waals surface area (Å²) in [5.74, 6) is 0.0683. The normalized spacial score (nSPS) is 28.5. The largest absolute Gasteiger partial charge is 0.456 e. The Bertz CT molecular complexity index is 110. The van der Waals surface area contributed by atoms with Crippen molar-refractivity contribution in [1.82, 2.24) is 4.90 Å². The first-order chi connectivity index (χ1) is 4.70. The van der Waals surface area contributed by atoms with E-state index in [0.717, 1.165) is 25.9 Å². The molecular weight excluding hydrogens is 129 g/mol. The smallest absolute Gasteiger partial charge is 0.427 e. The van der Waals surface area contributed by atoms with Gasteiger partial charge in [-0.3, -0.25) is 0 Å². The monoisotopic (exact) mass is 143 g/mol. The Balaban J connectivity index is 2.32. The Morgan fingerprint density at radius 3 is 2.60 bits per heavy atom. The standard InChI is InChI=1S/C6H14BNO2/c1-8-4-2-3-6(5-8)7(9)10/h6,9-10H,2-5H2,1H3. The molecule has 0 bridgehead atoms. The molecule has 1 atom stereocenters. The molecule has 0 radical (unpaired) electrons. The maximum Gasteiger partial charge on any atom is 0.456 e. The second kappa shape index (κ2) is 3.37. The Kier molecular flexibility index (Phi) is 2.71. The summed E-state index contributed by atoms with van der Waals surface area (Å²) < 4.78 is 0. The van der Waals surface area contributed by atoms with E-state index in [2.05, 4.69) is 4.90 Å². The second-order valence-corrected chi connectivity index (χ2v) is 3.08. The van der Waals surface area contributed by atoms with Gasteiger partial charge in [0.15, 0.2) is 0 Å². The van der Waals surface area contributed by atoms with Crippen molar-refractivity contribution in [2.45, 2.75) is 18.7 Å². The van der Waals surface area contributed by atoms with Gasteiger partial charge in [-0.2, -0.15) is 0 Å². The molecule has 1 aliphatic heterocycles. The quantitative estimate of drug-likeness (QED) is 0.489. The number of rotatable bonds is 1. The Hall–Kier alpha value is -0.0551. The molecule has 1 rings (SSSR count). The zero-order chi connectivity index (χ0) is 7.56. The van der Waals surface area contributed by atoms with Gasteiger partial charge in [0.05, 0.1) is 0 Å². The number of nitrogens with zero attached hydrogens (tertiary/aromatic N) is 1. The fourth-order valence-electron chi connectivity index (χ4n) is 1.45. The highest BCUT2D eigenvalue weighted by Gasteiger charge is 2.26. The van der Waals surface area contributed by atoms with Crippen molar-refractivity contribution in [3.05, 3.63) is 0 Å². The molecule has 0 amide bonds. The van der Waals surface area contributed by atoms with Crippen LogP contribution in [0.25, 0.3) is 0 Å². The zero-order valence-corrected chi connectivity index (χ0v) is 6.32. The van der Waals surface area contributed by atoms with Gasteiger partial charge in [-0.15, -0.1) is 0 Å². The average molecular weight is 143 g/mol. The summed E-state index contributed by atoms with van der Waals surface area (Å²) in [6.45, 7) is 1.90. The van der Waals surface area contributed by atoms with Crippen molar-refractivity contribution >= 4 is 7.12 Å². The fraction of sp³-hybridized carbons (Fsp3) is 1.00. The first-order valence-corrected chi connectivity index (χ1v) is 3.75. The summed E-state index contributed by atoms with van der Waals surface area (Å²) in [4.78, 5) is 2.13. The van der Waals surface area contributed by atoms with E-state index in [1.165, 1.54) is 0 Å². The van der Waals surface area contributed by atoms with E-state index in [1.807, 2.05) is 7.05 Å². The first-order valence-electron chi connectivity index (χ1n) is 3.75. The molecule has 1 aliphatic rings. The molecule has 3 nitrogen and oxygen atoms in total. The predicted octanol–water partition coefficient (Wildman–Crippen LogP) is -0.445. The molecule has 2 N–H and O–H groups in total. The van der Waals surface area contributed by atoms with Crippen LogP contribution in [0.4, 0.5) is 0 Å². The van der Waals surface area contributed by atoms with Crippen molar-refractivity contribution < 1.29 is 10.0 Å². The lowest BCUT2D eigenvalue weighted by Gasteiger charge is -2.28. The highest BCUT2D eigenvalue weighted by molar-refractivity contribution is 6.43. The topological polar surface area (TPSA) is 43.7 Å². The number of hydrogen-bond acceptors (Lipinski definition) is 3. The zero-order valence-electron chi connectivity index (χ0n) is 6.32. The van der Waals surface area contributed by atoms with Gasteiger partial charge in [-0.25, -0.2) is 0 Å². The van der Waals surface area contributed by atoms with Gasteiger partial charge in [-0.05, 0) is 33.0 Å². The molecule has 0 aromatic carbocycles. The molecule has 1 unspecified atom stereocenters. The van der Waals surface area contributed by atoms with Crippen molar-refractivity contribution in [2.75, 3.05) is 20.1 Å². The molecule has 0 spiro atoms. The summed E-state index contributed by atoms with van der Waals surface area (Å²) in [6, 6.07) is 0. The maximum absolute atomic E-state index is 8.82. The third-order valence-corrected chi connectivity index (χ3v) is 2.08. The summed E-state index contributed by atoms with van der Waals surface area (Å²) in [5.41, 5.74) is 0. The van der Waals surface area contributed by atoms with Gasteiger partial charge in [0.1, 0.15) is 0 Å². The van der Waals surface area contributed by atoms with Crippen LogP contribution in [-0.2, 0) is 0 Å². The SMILES string of the molecule is CN1CCCC(B(O)O)C1. The van der Waals surface area contributed by atoms with E-state index in [0.29, 0.717) is 0 Å². The van der Waals surface area contributed by atoms with Crippen LogP contribution in [-0.4, -0.2) is 42.2 Å². The molecule has 0 saturated carbocycles. The molecule has 0 aliphatic carbocycles. The molecule has 1 saturated heterocycles. The minimum absolute atomic E-state index is 0.0683. The molecule has 0 aromatic heterocycles. The van der Waals surface area contributed by atoms with Crippen LogP contribution in [0.15, 0.2) is 0 Å². The molecule has 10 heavy (non-hydrogen) atoms. The van der Waals surface area contributed by atoms with Crippen molar-refractivity contribution in [3.8, 4) is 0 Å². The molecule has 4 heteroatoms. The maximum atomic E-state index is 8.82. The highest BCUT2D eigenvalue weighted by atomic mass is 16.4. The summed E-state index contributed by atoms with van der Waals surface area (Å²) in [5, 5.41) is 17.6. The number of likely N-dealkylation sites (tertiary alicyclic amines) is 1. The molecule has 1 heterocycles.